The maximum absolute atomic E-state index is 14.7. The van der Waals surface area contributed by atoms with Crippen LogP contribution in [0.3, 0.4) is 0 Å². The van der Waals surface area contributed by atoms with Gasteiger partial charge in [0.05, 0.1) is 36.2 Å². The first kappa shape index (κ1) is 47.2. The maximum atomic E-state index is 14.7. The van der Waals surface area contributed by atoms with Gasteiger partial charge in [-0.3, -0.25) is 33.7 Å². The SMILES string of the molecule is C=CC(=O)N1CC[C@H](C(=O)N(C)[C@H](C(=O)N[C@H]2Cc3cccc(c3)-c3ccc4c(c3)c(c(-c3cnn(C)c3[C@H](C)OC)n4CC)CC(C)(C)COC(=O)[C@@H]3CCCN(N3)C2=O)C(C)C)C1. The molecule has 7 rings (SSSR count). The van der Waals surface area contributed by atoms with E-state index >= 15 is 0 Å². The van der Waals surface area contributed by atoms with Crippen LogP contribution in [0.1, 0.15) is 83.7 Å². The summed E-state index contributed by atoms with van der Waals surface area (Å²) in [6.45, 7) is 17.5. The molecule has 0 radical (unpaired) electrons. The molecule has 348 valence electrons. The summed E-state index contributed by atoms with van der Waals surface area (Å²) in [6.07, 6.45) is 5.17. The van der Waals surface area contributed by atoms with Crippen LogP contribution in [0.4, 0.5) is 0 Å². The third-order valence-corrected chi connectivity index (χ3v) is 13.5. The summed E-state index contributed by atoms with van der Waals surface area (Å²) < 4.78 is 16.2. The zero-order chi connectivity index (χ0) is 46.9. The van der Waals surface area contributed by atoms with E-state index in [1.807, 2.05) is 50.8 Å². The largest absolute Gasteiger partial charge is 0.464 e. The number of methoxy groups -OCH3 is 1. The number of carbonyl (C=O) groups is 5. The highest BCUT2D eigenvalue weighted by molar-refractivity contribution is 5.96. The minimum atomic E-state index is -1.05. The number of ether oxygens (including phenoxy) is 2. The summed E-state index contributed by atoms with van der Waals surface area (Å²) in [5, 5.41) is 10.3. The van der Waals surface area contributed by atoms with Crippen molar-refractivity contribution < 1.29 is 33.4 Å². The monoisotopic (exact) mass is 891 g/mol. The Bertz CT molecular complexity index is 2470. The summed E-state index contributed by atoms with van der Waals surface area (Å²) in [6, 6.07) is 11.8. The number of likely N-dealkylation sites (tertiary alicyclic amines) is 1. The number of rotatable bonds is 10. The molecule has 4 aromatic rings. The Morgan fingerprint density at radius 1 is 1.09 bits per heavy atom. The molecule has 2 aromatic carbocycles. The Kier molecular flexibility index (Phi) is 14.0. The van der Waals surface area contributed by atoms with Crippen molar-refractivity contribution in [1.82, 2.24) is 39.9 Å². The number of aromatic nitrogens is 3. The number of esters is 1. The molecule has 0 aliphatic carbocycles. The molecule has 5 heterocycles. The third-order valence-electron chi connectivity index (χ3n) is 13.5. The van der Waals surface area contributed by atoms with Gasteiger partial charge in [-0.05, 0) is 85.9 Å². The van der Waals surface area contributed by atoms with Crippen molar-refractivity contribution in [1.29, 1.82) is 0 Å². The number of cyclic esters (lactones) is 1. The Balaban J connectivity index is 1.29. The van der Waals surface area contributed by atoms with Crippen molar-refractivity contribution in [3.63, 3.8) is 0 Å². The number of likely N-dealkylation sites (N-methyl/N-ethyl adjacent to an activating group) is 1. The number of fused-ring (bicyclic) bond motifs is 6. The minimum Gasteiger partial charge on any atom is -0.464 e. The van der Waals surface area contributed by atoms with Gasteiger partial charge < -0.3 is 29.2 Å². The number of carbonyl (C=O) groups excluding carboxylic acids is 5. The van der Waals surface area contributed by atoms with Crippen molar-refractivity contribution in [3.05, 3.63) is 78.1 Å². The minimum absolute atomic E-state index is 0.136. The lowest BCUT2D eigenvalue weighted by atomic mass is 9.84. The first-order chi connectivity index (χ1) is 31.0. The number of nitrogens with one attached hydrogen (secondary N) is 2. The molecule has 0 saturated carbocycles. The number of nitrogens with zero attached hydrogens (tertiary/aromatic N) is 6. The third kappa shape index (κ3) is 9.62. The molecule has 4 amide bonds. The van der Waals surface area contributed by atoms with Crippen LogP contribution in [0.5, 0.6) is 0 Å². The number of hydrogen-bond acceptors (Lipinski definition) is 9. The first-order valence-corrected chi connectivity index (χ1v) is 23.0. The Morgan fingerprint density at radius 3 is 2.55 bits per heavy atom. The van der Waals surface area contributed by atoms with Gasteiger partial charge in [-0.25, -0.2) is 5.43 Å². The molecule has 2 saturated heterocycles. The molecule has 0 unspecified atom stereocenters. The van der Waals surface area contributed by atoms with E-state index in [2.05, 4.69) is 73.0 Å². The maximum Gasteiger partial charge on any atom is 0.324 e. The first-order valence-electron chi connectivity index (χ1n) is 23.0. The average Bonchev–Trinajstić information content (AvgIpc) is 4.02. The lowest BCUT2D eigenvalue weighted by Gasteiger charge is -2.37. The molecule has 0 spiro atoms. The smallest absolute Gasteiger partial charge is 0.324 e. The van der Waals surface area contributed by atoms with Crippen molar-refractivity contribution >= 4 is 40.5 Å². The molecule has 2 fully saturated rings. The highest BCUT2D eigenvalue weighted by atomic mass is 16.5. The zero-order valence-electron chi connectivity index (χ0n) is 39.5. The normalized spacial score (nSPS) is 21.2. The number of hydrazine groups is 1. The molecule has 3 aliphatic heterocycles. The van der Waals surface area contributed by atoms with E-state index in [4.69, 9.17) is 14.6 Å². The van der Waals surface area contributed by atoms with Crippen LogP contribution in [-0.4, -0.2) is 117 Å². The predicted octanol–water partition coefficient (Wildman–Crippen LogP) is 5.60. The molecular formula is C50H66N8O7. The molecule has 2 N–H and O–H groups in total. The van der Waals surface area contributed by atoms with Crippen molar-refractivity contribution in [2.45, 2.75) is 104 Å². The summed E-state index contributed by atoms with van der Waals surface area (Å²) in [5.74, 6) is -2.56. The lowest BCUT2D eigenvalue weighted by Crippen LogP contribution is -2.62. The van der Waals surface area contributed by atoms with E-state index < -0.39 is 47.2 Å². The van der Waals surface area contributed by atoms with Gasteiger partial charge in [-0.1, -0.05) is 64.6 Å². The van der Waals surface area contributed by atoms with E-state index in [1.54, 1.807) is 19.1 Å². The summed E-state index contributed by atoms with van der Waals surface area (Å²) in [7, 11) is 5.24. The van der Waals surface area contributed by atoms with Gasteiger partial charge in [-0.15, -0.1) is 0 Å². The van der Waals surface area contributed by atoms with Gasteiger partial charge >= 0.3 is 5.97 Å². The van der Waals surface area contributed by atoms with E-state index in [1.165, 1.54) is 16.0 Å². The van der Waals surface area contributed by atoms with Gasteiger partial charge in [0.15, 0.2) is 0 Å². The molecule has 15 nitrogen and oxygen atoms in total. The molecule has 2 aromatic heterocycles. The molecule has 6 bridgehead atoms. The summed E-state index contributed by atoms with van der Waals surface area (Å²) >= 11 is 0. The van der Waals surface area contributed by atoms with Crippen molar-refractivity contribution in [3.8, 4) is 22.4 Å². The zero-order valence-corrected chi connectivity index (χ0v) is 39.5. The summed E-state index contributed by atoms with van der Waals surface area (Å²) in [5.41, 5.74) is 10.6. The molecule has 5 atom stereocenters. The van der Waals surface area contributed by atoms with Crippen molar-refractivity contribution in [2.75, 3.05) is 40.4 Å². The molecular weight excluding hydrogens is 825 g/mol. The second-order valence-corrected chi connectivity index (χ2v) is 19.1. The number of hydrogen-bond donors (Lipinski definition) is 2. The number of benzene rings is 2. The molecule has 15 heteroatoms. The van der Waals surface area contributed by atoms with Gasteiger partial charge in [0.2, 0.25) is 17.7 Å². The van der Waals surface area contributed by atoms with Crippen LogP contribution in [0.2, 0.25) is 0 Å². The summed E-state index contributed by atoms with van der Waals surface area (Å²) in [4.78, 5) is 72.4. The second-order valence-electron chi connectivity index (χ2n) is 19.1. The van der Waals surface area contributed by atoms with Crippen molar-refractivity contribution in [2.24, 2.45) is 24.3 Å². The topological polar surface area (TPSA) is 160 Å². The highest BCUT2D eigenvalue weighted by Gasteiger charge is 2.40. The highest BCUT2D eigenvalue weighted by Crippen LogP contribution is 2.42. The Hall–Kier alpha value is -5.80. The second kappa shape index (κ2) is 19.4. The fraction of sp³-hybridized carbons (Fsp3) is 0.520. The standard InChI is InChI=1S/C50H66N8O7/c1-11-42(59)56-22-20-35(28-56)47(61)54(8)43(30(3)4)46(60)52-40-24-32-15-13-16-33(23-32)34-18-19-41-36(25-34)37(45(57(41)12-2)38-27-51-55(9)44(38)31(5)64-10)26-50(6,7)29-65-49(63)39-17-14-21-58(53-39)48(40)62/h11,13,15-16,18-19,23,25,27,30-31,35,39-40,43,53H,1,12,14,17,20-22,24,26,28-29H2,2-10H3,(H,52,60)/t31-,35-,39-,40-,43-/m0/s1. The van der Waals surface area contributed by atoms with Crippen LogP contribution >= 0.6 is 0 Å². The van der Waals surface area contributed by atoms with Crippen LogP contribution in [0, 0.1) is 17.3 Å². The van der Waals surface area contributed by atoms with E-state index in [0.717, 1.165) is 50.1 Å². The number of amides is 4. The van der Waals surface area contributed by atoms with E-state index in [-0.39, 0.29) is 43.4 Å². The quantitative estimate of drug-likeness (QED) is 0.153. The predicted molar refractivity (Wildman–Crippen MR) is 249 cm³/mol. The fourth-order valence-corrected chi connectivity index (χ4v) is 10.1. The van der Waals surface area contributed by atoms with Crippen LogP contribution in [0.25, 0.3) is 33.3 Å². The molecule has 3 aliphatic rings. The van der Waals surface area contributed by atoms with Gasteiger partial charge in [0.25, 0.3) is 5.91 Å². The van der Waals surface area contributed by atoms with Gasteiger partial charge in [0, 0.05) is 75.7 Å². The van der Waals surface area contributed by atoms with Crippen LogP contribution in [0.15, 0.2) is 61.3 Å². The van der Waals surface area contributed by atoms with E-state index in [9.17, 15) is 24.0 Å². The Labute approximate surface area is 382 Å². The van der Waals surface area contributed by atoms with Gasteiger partial charge in [0.1, 0.15) is 18.1 Å². The van der Waals surface area contributed by atoms with E-state index in [0.29, 0.717) is 45.3 Å². The van der Waals surface area contributed by atoms with Gasteiger partial charge in [-0.2, -0.15) is 5.10 Å². The molecule has 65 heavy (non-hydrogen) atoms. The van der Waals surface area contributed by atoms with Crippen LogP contribution in [-0.2, 0) is 59.9 Å². The average molecular weight is 891 g/mol. The fourth-order valence-electron chi connectivity index (χ4n) is 10.1. The lowest BCUT2D eigenvalue weighted by molar-refractivity contribution is -0.155. The Morgan fingerprint density at radius 2 is 1.85 bits per heavy atom. The number of aryl methyl sites for hydroxylation is 2. The van der Waals surface area contributed by atoms with Crippen LogP contribution < -0.4 is 10.7 Å².